The number of para-hydroxylation sites is 1. The van der Waals surface area contributed by atoms with E-state index in [-0.39, 0.29) is 12.6 Å². The first kappa shape index (κ1) is 18.3. The number of methoxy groups -OCH3 is 1. The Balaban J connectivity index is 1.88. The summed E-state index contributed by atoms with van der Waals surface area (Å²) in [6.45, 7) is 1.20. The SMILES string of the molecule is COc1ccccc1C1CN(C(=O)c2ccc(F)c(F)c2F)CCN1C. The molecule has 2 aromatic carbocycles. The maximum atomic E-state index is 14.0. The molecule has 0 N–H and O–H groups in total. The highest BCUT2D eigenvalue weighted by atomic mass is 19.2. The number of hydrogen-bond donors (Lipinski definition) is 0. The number of benzene rings is 2. The lowest BCUT2D eigenvalue weighted by Gasteiger charge is -2.40. The van der Waals surface area contributed by atoms with Crippen LogP contribution in [0.3, 0.4) is 0 Å². The molecule has 138 valence electrons. The highest BCUT2D eigenvalue weighted by Gasteiger charge is 2.32. The van der Waals surface area contributed by atoms with Gasteiger partial charge >= 0.3 is 0 Å². The minimum atomic E-state index is -1.63. The number of halogens is 3. The summed E-state index contributed by atoms with van der Waals surface area (Å²) in [6, 6.07) is 9.06. The van der Waals surface area contributed by atoms with Crippen LogP contribution >= 0.6 is 0 Å². The number of rotatable bonds is 3. The third-order valence-corrected chi connectivity index (χ3v) is 4.70. The van der Waals surface area contributed by atoms with E-state index in [1.165, 1.54) is 4.90 Å². The molecule has 0 saturated carbocycles. The lowest BCUT2D eigenvalue weighted by molar-refractivity contribution is 0.0537. The zero-order chi connectivity index (χ0) is 18.8. The van der Waals surface area contributed by atoms with Crippen LogP contribution in [-0.2, 0) is 0 Å². The molecular weight excluding hydrogens is 345 g/mol. The lowest BCUT2D eigenvalue weighted by Crippen LogP contribution is -2.49. The Bertz CT molecular complexity index is 828. The number of amides is 1. The first-order valence-electron chi connectivity index (χ1n) is 8.20. The van der Waals surface area contributed by atoms with Gasteiger partial charge in [-0.3, -0.25) is 9.69 Å². The van der Waals surface area contributed by atoms with Crippen molar-refractivity contribution < 1.29 is 22.7 Å². The van der Waals surface area contributed by atoms with Crippen molar-refractivity contribution in [3.05, 3.63) is 65.0 Å². The monoisotopic (exact) mass is 364 g/mol. The number of carbonyl (C=O) groups is 1. The van der Waals surface area contributed by atoms with Gasteiger partial charge in [0.05, 0.1) is 18.7 Å². The molecule has 1 heterocycles. The number of carbonyl (C=O) groups excluding carboxylic acids is 1. The predicted molar refractivity (Wildman–Crippen MR) is 90.6 cm³/mol. The average Bonchev–Trinajstić information content (AvgIpc) is 2.66. The minimum absolute atomic E-state index is 0.155. The van der Waals surface area contributed by atoms with Crippen molar-refractivity contribution in [2.75, 3.05) is 33.8 Å². The number of hydrogen-bond acceptors (Lipinski definition) is 3. The van der Waals surface area contributed by atoms with Crippen LogP contribution in [0.2, 0.25) is 0 Å². The summed E-state index contributed by atoms with van der Waals surface area (Å²) in [5, 5.41) is 0. The van der Waals surface area contributed by atoms with Crippen molar-refractivity contribution in [3.63, 3.8) is 0 Å². The van der Waals surface area contributed by atoms with E-state index in [1.807, 2.05) is 31.3 Å². The molecule has 3 rings (SSSR count). The van der Waals surface area contributed by atoms with Gasteiger partial charge in [-0.1, -0.05) is 18.2 Å². The van der Waals surface area contributed by atoms with E-state index in [1.54, 1.807) is 7.11 Å². The van der Waals surface area contributed by atoms with Crippen LogP contribution in [0.4, 0.5) is 13.2 Å². The molecule has 1 aliphatic heterocycles. The van der Waals surface area contributed by atoms with Gasteiger partial charge in [0.15, 0.2) is 17.5 Å². The van der Waals surface area contributed by atoms with Crippen molar-refractivity contribution in [2.45, 2.75) is 6.04 Å². The Morgan fingerprint density at radius 2 is 1.81 bits per heavy atom. The number of nitrogens with zero attached hydrogens (tertiary/aromatic N) is 2. The van der Waals surface area contributed by atoms with Crippen LogP contribution < -0.4 is 4.74 Å². The Morgan fingerprint density at radius 1 is 1.08 bits per heavy atom. The van der Waals surface area contributed by atoms with Gasteiger partial charge in [0.2, 0.25) is 0 Å². The summed E-state index contributed by atoms with van der Waals surface area (Å²) >= 11 is 0. The molecule has 7 heteroatoms. The van der Waals surface area contributed by atoms with E-state index in [0.717, 1.165) is 17.7 Å². The van der Waals surface area contributed by atoms with Crippen LogP contribution in [0.5, 0.6) is 5.75 Å². The Hall–Kier alpha value is -2.54. The van der Waals surface area contributed by atoms with Gasteiger partial charge in [-0.05, 0) is 25.2 Å². The Kier molecular flexibility index (Phi) is 5.18. The molecule has 1 saturated heterocycles. The van der Waals surface area contributed by atoms with E-state index >= 15 is 0 Å². The van der Waals surface area contributed by atoms with Crippen molar-refractivity contribution in [2.24, 2.45) is 0 Å². The lowest BCUT2D eigenvalue weighted by atomic mass is 10.0. The van der Waals surface area contributed by atoms with Crippen LogP contribution in [0.25, 0.3) is 0 Å². The van der Waals surface area contributed by atoms with Crippen molar-refractivity contribution in [1.82, 2.24) is 9.80 Å². The molecule has 2 aromatic rings. The molecule has 0 aliphatic carbocycles. The van der Waals surface area contributed by atoms with E-state index in [4.69, 9.17) is 4.74 Å². The summed E-state index contributed by atoms with van der Waals surface area (Å²) in [7, 11) is 3.50. The zero-order valence-corrected chi connectivity index (χ0v) is 14.5. The Morgan fingerprint density at radius 3 is 2.54 bits per heavy atom. The quantitative estimate of drug-likeness (QED) is 0.784. The second-order valence-electron chi connectivity index (χ2n) is 6.21. The molecule has 1 unspecified atom stereocenters. The molecule has 26 heavy (non-hydrogen) atoms. The largest absolute Gasteiger partial charge is 0.496 e. The minimum Gasteiger partial charge on any atom is -0.496 e. The second-order valence-corrected chi connectivity index (χ2v) is 6.21. The van der Waals surface area contributed by atoms with Gasteiger partial charge in [-0.25, -0.2) is 13.2 Å². The second kappa shape index (κ2) is 7.37. The number of ether oxygens (including phenoxy) is 1. The molecule has 0 bridgehead atoms. The fourth-order valence-corrected chi connectivity index (χ4v) is 3.20. The van der Waals surface area contributed by atoms with Crippen LogP contribution in [0.1, 0.15) is 22.0 Å². The number of piperazine rings is 1. The molecule has 0 spiro atoms. The van der Waals surface area contributed by atoms with Crippen molar-refractivity contribution in [1.29, 1.82) is 0 Å². The van der Waals surface area contributed by atoms with Gasteiger partial charge < -0.3 is 9.64 Å². The third-order valence-electron chi connectivity index (χ3n) is 4.70. The molecule has 0 aromatic heterocycles. The van der Waals surface area contributed by atoms with Crippen LogP contribution in [0, 0.1) is 17.5 Å². The molecule has 4 nitrogen and oxygen atoms in total. The summed E-state index contributed by atoms with van der Waals surface area (Å²) in [5.41, 5.74) is 0.438. The summed E-state index contributed by atoms with van der Waals surface area (Å²) in [6.07, 6.45) is 0. The predicted octanol–water partition coefficient (Wildman–Crippen LogP) is 3.24. The van der Waals surface area contributed by atoms with Crippen molar-refractivity contribution in [3.8, 4) is 5.75 Å². The smallest absolute Gasteiger partial charge is 0.257 e. The molecule has 1 atom stereocenters. The van der Waals surface area contributed by atoms with Gasteiger partial charge in [-0.2, -0.15) is 0 Å². The first-order chi connectivity index (χ1) is 12.4. The molecule has 1 fully saturated rings. The van der Waals surface area contributed by atoms with E-state index in [9.17, 15) is 18.0 Å². The standard InChI is InChI=1S/C19H19F3N2O2/c1-23-9-10-24(11-15(23)12-5-3-4-6-16(12)26-2)19(25)13-7-8-14(20)18(22)17(13)21/h3-8,15H,9-11H2,1-2H3. The van der Waals surface area contributed by atoms with Gasteiger partial charge in [0.1, 0.15) is 5.75 Å². The summed E-state index contributed by atoms with van der Waals surface area (Å²) in [5.74, 6) is -4.37. The summed E-state index contributed by atoms with van der Waals surface area (Å²) < 4.78 is 46.0. The highest BCUT2D eigenvalue weighted by molar-refractivity contribution is 5.94. The van der Waals surface area contributed by atoms with Gasteiger partial charge in [0, 0.05) is 25.2 Å². The third kappa shape index (κ3) is 3.26. The maximum absolute atomic E-state index is 14.0. The normalized spacial score (nSPS) is 18.0. The first-order valence-corrected chi connectivity index (χ1v) is 8.20. The highest BCUT2D eigenvalue weighted by Crippen LogP contribution is 2.31. The fraction of sp³-hybridized carbons (Fsp3) is 0.316. The molecule has 0 radical (unpaired) electrons. The zero-order valence-electron chi connectivity index (χ0n) is 14.5. The summed E-state index contributed by atoms with van der Waals surface area (Å²) in [4.78, 5) is 16.2. The molecule has 1 amide bonds. The Labute approximate surface area is 149 Å². The van der Waals surface area contributed by atoms with E-state index in [2.05, 4.69) is 4.90 Å². The maximum Gasteiger partial charge on any atom is 0.257 e. The van der Waals surface area contributed by atoms with Gasteiger partial charge in [-0.15, -0.1) is 0 Å². The fourth-order valence-electron chi connectivity index (χ4n) is 3.20. The number of likely N-dealkylation sites (N-methyl/N-ethyl adjacent to an activating group) is 1. The topological polar surface area (TPSA) is 32.8 Å². The van der Waals surface area contributed by atoms with Crippen LogP contribution in [-0.4, -0.2) is 49.5 Å². The van der Waals surface area contributed by atoms with Crippen molar-refractivity contribution >= 4 is 5.91 Å². The molecule has 1 aliphatic rings. The van der Waals surface area contributed by atoms with E-state index in [0.29, 0.717) is 18.8 Å². The van der Waals surface area contributed by atoms with E-state index < -0.39 is 28.9 Å². The van der Waals surface area contributed by atoms with Crippen LogP contribution in [0.15, 0.2) is 36.4 Å². The van der Waals surface area contributed by atoms with Gasteiger partial charge in [0.25, 0.3) is 5.91 Å². The average molecular weight is 364 g/mol. The molecular formula is C19H19F3N2O2.